The number of fused-ring (bicyclic) bond motifs is 2. The molecule has 11 rings (SSSR count). The molecule has 2 aliphatic heterocycles. The number of thiocarbonyl (C=S) groups is 1. The Balaban J connectivity index is 0.000000239. The van der Waals surface area contributed by atoms with Crippen LogP contribution in [0.15, 0.2) is 67.1 Å². The molecule has 10 atom stereocenters. The smallest absolute Gasteiger partial charge is 0.368 e. The van der Waals surface area contributed by atoms with Crippen molar-refractivity contribution < 1.29 is 75.8 Å². The molecule has 2 saturated heterocycles. The fraction of sp³-hybridized carbons (Fsp3) is 0.562. The van der Waals surface area contributed by atoms with Crippen molar-refractivity contribution in [2.45, 2.75) is 232 Å². The molecule has 2 aromatic carbocycles. The van der Waals surface area contributed by atoms with Gasteiger partial charge in [0.15, 0.2) is 32.2 Å². The third kappa shape index (κ3) is 21.0. The van der Waals surface area contributed by atoms with Gasteiger partial charge in [0.1, 0.15) is 76.1 Å². The Labute approximate surface area is 677 Å². The average Bonchev–Trinajstić information content (AvgIpc) is 1.57. The number of nitrogens with two attached hydrogens (primary N) is 1. The van der Waals surface area contributed by atoms with E-state index in [4.69, 9.17) is 43.2 Å². The molecule has 5 aromatic rings. The van der Waals surface area contributed by atoms with Gasteiger partial charge in [0.2, 0.25) is 23.6 Å². The summed E-state index contributed by atoms with van der Waals surface area (Å²) in [5.41, 5.74) is 4.67. The molecule has 4 aliphatic carbocycles. The van der Waals surface area contributed by atoms with E-state index in [-0.39, 0.29) is 67.8 Å². The highest BCUT2D eigenvalue weighted by Crippen LogP contribution is 2.47. The molecular weight excluding hydrogens is 1560 g/mol. The molecular formula is C80H109BrN14O16S2. The molecule has 0 unspecified atom stereocenters. The summed E-state index contributed by atoms with van der Waals surface area (Å²) in [5, 5.41) is 37.9. The number of carboxylic acids is 1. The fourth-order valence-corrected chi connectivity index (χ4v) is 16.2. The van der Waals surface area contributed by atoms with Crippen LogP contribution in [-0.4, -0.2) is 195 Å². The summed E-state index contributed by atoms with van der Waals surface area (Å²) in [4.78, 5) is 139. The Kier molecular flexibility index (Phi) is 28.3. The first-order valence-electron chi connectivity index (χ1n) is 38.2. The predicted molar refractivity (Wildman–Crippen MR) is 437 cm³/mol. The quantitative estimate of drug-likeness (QED) is 0.0147. The van der Waals surface area contributed by atoms with Crippen molar-refractivity contribution >= 4 is 125 Å². The molecule has 33 heteroatoms. The second-order valence-corrected chi connectivity index (χ2v) is 34.2. The highest BCUT2D eigenvalue weighted by molar-refractivity contribution is 9.06. The molecule has 6 fully saturated rings. The van der Waals surface area contributed by atoms with Crippen LogP contribution in [0.4, 0.5) is 14.7 Å². The largest absolute Gasteiger partial charge is 0.496 e. The Morgan fingerprint density at radius 2 is 1.09 bits per heavy atom. The van der Waals surface area contributed by atoms with E-state index in [0.717, 1.165) is 67.6 Å². The number of aliphatic carboxylic acids is 1. The van der Waals surface area contributed by atoms with Crippen molar-refractivity contribution in [3.63, 3.8) is 0 Å². The van der Waals surface area contributed by atoms with Crippen LogP contribution >= 0.6 is 39.8 Å². The number of carbonyl (C=O) groups excluding carboxylic acids is 8. The topological polar surface area (TPSA) is 397 Å². The zero-order valence-corrected chi connectivity index (χ0v) is 70.2. The molecule has 8 amide bonds. The number of rotatable bonds is 25. The second-order valence-electron chi connectivity index (χ2n) is 32.6. The minimum Gasteiger partial charge on any atom is -0.496 e. The van der Waals surface area contributed by atoms with Gasteiger partial charge in [-0.1, -0.05) is 79.4 Å². The van der Waals surface area contributed by atoms with Crippen LogP contribution in [0.25, 0.3) is 33.2 Å². The predicted octanol–water partition coefficient (Wildman–Crippen LogP) is 10.1. The second kappa shape index (κ2) is 36.7. The van der Waals surface area contributed by atoms with Crippen LogP contribution in [0.5, 0.6) is 23.0 Å². The lowest BCUT2D eigenvalue weighted by Gasteiger charge is -2.35. The number of thiazole rings is 1. The molecule has 30 nitrogen and oxygen atoms in total. The van der Waals surface area contributed by atoms with Crippen LogP contribution in [0.3, 0.4) is 0 Å². The van der Waals surface area contributed by atoms with Crippen molar-refractivity contribution in [2.24, 2.45) is 28.4 Å². The van der Waals surface area contributed by atoms with E-state index in [1.165, 1.54) is 47.5 Å². The van der Waals surface area contributed by atoms with E-state index in [1.807, 2.05) is 113 Å². The third-order valence-corrected chi connectivity index (χ3v) is 22.3. The lowest BCUT2D eigenvalue weighted by molar-refractivity contribution is -0.148. The van der Waals surface area contributed by atoms with Gasteiger partial charge in [0.05, 0.1) is 51.1 Å². The number of pyridine rings is 2. The third-order valence-electron chi connectivity index (χ3n) is 21.1. The van der Waals surface area contributed by atoms with Crippen molar-refractivity contribution in [3.8, 4) is 34.4 Å². The number of nitrogens with zero attached hydrogens (tertiary/aromatic N) is 5. The number of hydrogen-bond donors (Lipinski definition) is 10. The first-order valence-corrected chi connectivity index (χ1v) is 40.1. The standard InChI is InChI=1S/C40H53N7O7S.C36H46BrN5O9.C4H10N2S/c1-9-23-18-40(23,36(50)51)46-34(48)30-15-25(19-47(30)35(49)33(39(5,6)7)45-37(52)42-24-12-10-11-13-24)54-32-17-28(29-20-55-38(44-29)41-21(2)3)43-27-16-31(53-8)22(4)14-26(27)32;1-8-20-17-36(20,33(46)49-7)41-30(43)26-14-22(18-42(26)31(44)29(35(3,4)5)40-34(47)38-21-11-9-10-12-21)50-28-16-25(32(45)51-37)39-24-15-27(48-6)19(2)13-23(24)28;1-3(2)6-4(5)7/h9,14,16-17,20-21,23-25,30,33H,1,10-13,15,18-19H2,2-8H3,(H,41,44)(H,46,48)(H,50,51)(H2,42,45,52);8,13,15-16,20-22,26,29H,1,9-12,14,17-18H2,2-7H3,(H,41,43)(H2,38,40,47);3H,1-2H3,(H3,5,6,7)/t23-,25-,30+,33-,40-;20-,22-,26+,29-,36-;/m11./s1. The molecule has 0 bridgehead atoms. The van der Waals surface area contributed by atoms with E-state index < -0.39 is 118 Å². The first kappa shape index (κ1) is 87.3. The van der Waals surface area contributed by atoms with E-state index >= 15 is 0 Å². The normalized spacial score (nSPS) is 22.4. The number of urea groups is 2. The van der Waals surface area contributed by atoms with Crippen molar-refractivity contribution in [1.82, 2.24) is 62.0 Å². The Morgan fingerprint density at radius 1 is 0.637 bits per heavy atom. The van der Waals surface area contributed by atoms with Gasteiger partial charge < -0.3 is 90.7 Å². The summed E-state index contributed by atoms with van der Waals surface area (Å²) in [6.07, 6.45) is 9.90. The number of carbonyl (C=O) groups is 9. The highest BCUT2D eigenvalue weighted by Gasteiger charge is 2.63. The minimum atomic E-state index is -1.50. The molecule has 3 aromatic heterocycles. The Morgan fingerprint density at radius 3 is 1.48 bits per heavy atom. The minimum absolute atomic E-state index is 0.00776. The van der Waals surface area contributed by atoms with Crippen LogP contribution < -0.4 is 67.2 Å². The molecule has 0 radical (unpaired) electrons. The zero-order chi connectivity index (χ0) is 82.9. The van der Waals surface area contributed by atoms with E-state index in [1.54, 1.807) is 19.3 Å². The van der Waals surface area contributed by atoms with Crippen molar-refractivity contribution in [2.75, 3.05) is 39.7 Å². The maximum absolute atomic E-state index is 14.6. The number of anilines is 1. The molecule has 4 saturated carbocycles. The molecule has 113 heavy (non-hydrogen) atoms. The van der Waals surface area contributed by atoms with E-state index in [9.17, 15) is 48.3 Å². The summed E-state index contributed by atoms with van der Waals surface area (Å²) in [6, 6.07) is 6.05. The fourth-order valence-electron chi connectivity index (χ4n) is 15.0. The Bertz CT molecular complexity index is 4420. The zero-order valence-electron chi connectivity index (χ0n) is 67.0. The van der Waals surface area contributed by atoms with Crippen LogP contribution in [0.1, 0.15) is 168 Å². The number of likely N-dealkylation sites (tertiary alicyclic amines) is 2. The van der Waals surface area contributed by atoms with Gasteiger partial charge in [-0.25, -0.2) is 38.9 Å². The highest BCUT2D eigenvalue weighted by atomic mass is 79.9. The summed E-state index contributed by atoms with van der Waals surface area (Å²) >= 11 is 8.73. The number of methoxy groups -OCH3 is 3. The molecule has 614 valence electrons. The summed E-state index contributed by atoms with van der Waals surface area (Å²) in [6.45, 7) is 30.4. The number of nitrogens with one attached hydrogen (secondary N) is 8. The van der Waals surface area contributed by atoms with Gasteiger partial charge in [-0.2, -0.15) is 0 Å². The summed E-state index contributed by atoms with van der Waals surface area (Å²) in [7, 11) is 4.37. The number of aryl methyl sites for hydroxylation is 2. The number of halogens is 1. The van der Waals surface area contributed by atoms with Gasteiger partial charge in [0.25, 0.3) is 0 Å². The number of esters is 1. The summed E-state index contributed by atoms with van der Waals surface area (Å²) < 4.78 is 34.1. The van der Waals surface area contributed by atoms with Gasteiger partial charge in [-0.05, 0) is 126 Å². The monoisotopic (exact) mass is 1660 g/mol. The number of amides is 8. The van der Waals surface area contributed by atoms with Crippen LogP contribution in [-0.2, 0) is 37.3 Å². The lowest BCUT2D eigenvalue weighted by atomic mass is 9.85. The van der Waals surface area contributed by atoms with Crippen LogP contribution in [0.2, 0.25) is 0 Å². The number of carboxylic acid groups (broad SMARTS) is 1. The van der Waals surface area contributed by atoms with Gasteiger partial charge in [-0.3, -0.25) is 19.2 Å². The maximum Gasteiger partial charge on any atom is 0.368 e. The molecule has 5 heterocycles. The van der Waals surface area contributed by atoms with Gasteiger partial charge in [-0.15, -0.1) is 24.5 Å². The van der Waals surface area contributed by atoms with Crippen molar-refractivity contribution in [3.05, 3.63) is 83.9 Å². The SMILES string of the molecule is C=C[C@@H]1C[C@]1(NC(=O)[C@@H]1C[C@@H](Oc2cc(-c3csc(NC(C)C)n3)nc3cc(OC)c(C)cc23)CN1C(=O)[C@@H](NC(=O)NC1CCCC1)C(C)(C)C)C(=O)O.C=C[C@@H]1C[C@]1(NC(=O)[C@@H]1C[C@@H](Oc2cc(C(=O)OBr)nc3cc(OC)c(C)cc23)CN1C(=O)[C@@H](NC(=O)NC1CCCC1)C(C)(C)C)C(=O)OC.CC(C)NC(N)=S. The van der Waals surface area contributed by atoms with E-state index in [2.05, 4.69) is 89.2 Å². The maximum atomic E-state index is 14.6. The number of hydrogen-bond acceptors (Lipinski definition) is 21. The van der Waals surface area contributed by atoms with E-state index in [0.29, 0.717) is 68.0 Å². The molecule has 11 N–H and O–H groups in total. The van der Waals surface area contributed by atoms with Crippen molar-refractivity contribution in [1.29, 1.82) is 0 Å². The average molecular weight is 1670 g/mol. The molecule has 6 aliphatic rings. The van der Waals surface area contributed by atoms with Gasteiger partial charge in [0, 0.05) is 89.3 Å². The number of benzene rings is 2. The van der Waals surface area contributed by atoms with Gasteiger partial charge >= 0.3 is 30.0 Å². The first-order chi connectivity index (χ1) is 53.3. The lowest BCUT2D eigenvalue weighted by Crippen LogP contribution is -2.60. The van der Waals surface area contributed by atoms with Crippen LogP contribution in [0, 0.1) is 36.5 Å². The Hall–Kier alpha value is -9.63. The summed E-state index contributed by atoms with van der Waals surface area (Å²) in [5.74, 6) is -3.49. The molecule has 0 spiro atoms. The number of ether oxygens (including phenoxy) is 5. The number of aromatic nitrogens is 3.